The summed E-state index contributed by atoms with van der Waals surface area (Å²) in [4.78, 5) is 0. The molecule has 0 aliphatic rings. The minimum Gasteiger partial charge on any atom is -0.371 e. The number of hydrogen-bond acceptors (Lipinski definition) is 2. The van der Waals surface area contributed by atoms with Crippen LogP contribution >= 0.6 is 0 Å². The molecule has 0 fully saturated rings. The Morgan fingerprint density at radius 2 is 1.94 bits per heavy atom. The van der Waals surface area contributed by atoms with E-state index < -0.39 is 0 Å². The van der Waals surface area contributed by atoms with Crippen LogP contribution in [0.2, 0.25) is 0 Å². The van der Waals surface area contributed by atoms with Gasteiger partial charge in [0.2, 0.25) is 0 Å². The highest BCUT2D eigenvalue weighted by Crippen LogP contribution is 2.24. The van der Waals surface area contributed by atoms with E-state index in [0.717, 1.165) is 6.42 Å². The van der Waals surface area contributed by atoms with Gasteiger partial charge in [0.25, 0.3) is 0 Å². The van der Waals surface area contributed by atoms with Gasteiger partial charge in [0, 0.05) is 6.04 Å². The number of nitrogens with two attached hydrogens (primary N) is 1. The maximum Gasteiger partial charge on any atom is 0.0681 e. The van der Waals surface area contributed by atoms with Crippen LogP contribution in [0.3, 0.4) is 0 Å². The van der Waals surface area contributed by atoms with Gasteiger partial charge in [-0.15, -0.1) is 0 Å². The maximum atomic E-state index is 5.93. The minimum absolute atomic E-state index is 0.152. The summed E-state index contributed by atoms with van der Waals surface area (Å²) < 4.78 is 5.93. The molecule has 0 amide bonds. The molecule has 0 saturated carbocycles. The fourth-order valence-corrected chi connectivity index (χ4v) is 1.55. The van der Waals surface area contributed by atoms with E-state index in [1.807, 2.05) is 6.92 Å². The monoisotopic (exact) mass is 227 g/mol. The molecule has 0 aliphatic heterocycles. The summed E-state index contributed by atoms with van der Waals surface area (Å²) in [5.74, 6) is 0.339. The van der Waals surface area contributed by atoms with Crippen molar-refractivity contribution in [3.63, 3.8) is 0 Å². The van der Waals surface area contributed by atoms with E-state index in [1.54, 1.807) is 0 Å². The summed E-state index contributed by atoms with van der Waals surface area (Å²) in [5, 5.41) is 0. The maximum absolute atomic E-state index is 5.93. The summed E-state index contributed by atoms with van der Waals surface area (Å²) in [5.41, 5.74) is 6.92. The number of hydrogen-bond donors (Lipinski definition) is 1. The molecule has 0 bridgehead atoms. The lowest BCUT2D eigenvalue weighted by Gasteiger charge is -2.34. The molecule has 0 aliphatic carbocycles. The fourth-order valence-electron chi connectivity index (χ4n) is 1.55. The van der Waals surface area contributed by atoms with Crippen LogP contribution in [0.15, 0.2) is 12.2 Å². The second kappa shape index (κ2) is 7.08. The first kappa shape index (κ1) is 15.7. The Hall–Kier alpha value is -0.340. The fraction of sp³-hybridized carbons (Fsp3) is 0.857. The zero-order valence-corrected chi connectivity index (χ0v) is 11.7. The number of ether oxygens (including phenoxy) is 1. The Kier molecular flexibility index (Phi) is 6.93. The molecule has 2 nitrogen and oxygen atoms in total. The van der Waals surface area contributed by atoms with Gasteiger partial charge >= 0.3 is 0 Å². The Morgan fingerprint density at radius 3 is 2.38 bits per heavy atom. The predicted octanol–water partition coefficient (Wildman–Crippen LogP) is 3.51. The van der Waals surface area contributed by atoms with Gasteiger partial charge in [-0.05, 0) is 39.5 Å². The van der Waals surface area contributed by atoms with Gasteiger partial charge in [0.1, 0.15) is 0 Å². The van der Waals surface area contributed by atoms with Crippen molar-refractivity contribution in [3.8, 4) is 0 Å². The summed E-state index contributed by atoms with van der Waals surface area (Å²) in [7, 11) is 0. The standard InChI is InChI=1S/C14H29NO/c1-7-8-9-11(2)10-16-14(5,6)12(3)13(4)15/h12-13H,2,7-10,15H2,1,3-6H3. The van der Waals surface area contributed by atoms with Crippen molar-refractivity contribution in [3.05, 3.63) is 12.2 Å². The number of rotatable bonds is 8. The molecule has 2 N–H and O–H groups in total. The third kappa shape index (κ3) is 5.66. The quantitative estimate of drug-likeness (QED) is 0.644. The van der Waals surface area contributed by atoms with Crippen LogP contribution in [0.4, 0.5) is 0 Å². The third-order valence-electron chi connectivity index (χ3n) is 3.42. The van der Waals surface area contributed by atoms with E-state index >= 15 is 0 Å². The SMILES string of the molecule is C=C(CCCC)COC(C)(C)C(C)C(C)N. The summed E-state index contributed by atoms with van der Waals surface area (Å²) >= 11 is 0. The zero-order valence-electron chi connectivity index (χ0n) is 11.7. The summed E-state index contributed by atoms with van der Waals surface area (Å²) in [6.07, 6.45) is 3.48. The zero-order chi connectivity index (χ0) is 12.8. The van der Waals surface area contributed by atoms with Gasteiger partial charge in [-0.2, -0.15) is 0 Å². The molecule has 2 atom stereocenters. The lowest BCUT2D eigenvalue weighted by molar-refractivity contribution is -0.0504. The van der Waals surface area contributed by atoms with Crippen LogP contribution in [0.1, 0.15) is 53.9 Å². The molecule has 0 aromatic rings. The van der Waals surface area contributed by atoms with E-state index in [4.69, 9.17) is 10.5 Å². The highest BCUT2D eigenvalue weighted by molar-refractivity contribution is 4.95. The lowest BCUT2D eigenvalue weighted by atomic mass is 9.87. The van der Waals surface area contributed by atoms with Gasteiger partial charge in [-0.25, -0.2) is 0 Å². The van der Waals surface area contributed by atoms with Crippen molar-refractivity contribution >= 4 is 0 Å². The Bertz CT molecular complexity index is 209. The minimum atomic E-state index is -0.177. The Morgan fingerprint density at radius 1 is 1.38 bits per heavy atom. The van der Waals surface area contributed by atoms with E-state index in [2.05, 4.69) is 34.3 Å². The molecular formula is C14H29NO. The number of unbranched alkanes of at least 4 members (excludes halogenated alkanes) is 1. The normalized spacial score (nSPS) is 15.9. The molecular weight excluding hydrogens is 198 g/mol. The van der Waals surface area contributed by atoms with Crippen LogP contribution in [-0.2, 0) is 4.74 Å². The molecule has 2 unspecified atom stereocenters. The average Bonchev–Trinajstić information content (AvgIpc) is 2.22. The van der Waals surface area contributed by atoms with E-state index in [1.165, 1.54) is 18.4 Å². The molecule has 0 saturated heterocycles. The van der Waals surface area contributed by atoms with Crippen molar-refractivity contribution in [2.75, 3.05) is 6.61 Å². The topological polar surface area (TPSA) is 35.2 Å². The molecule has 0 rings (SSSR count). The molecule has 96 valence electrons. The molecule has 0 spiro atoms. The first-order valence-electron chi connectivity index (χ1n) is 6.37. The average molecular weight is 227 g/mol. The summed E-state index contributed by atoms with van der Waals surface area (Å²) in [6, 6.07) is 0.152. The van der Waals surface area contributed by atoms with Crippen molar-refractivity contribution in [2.45, 2.75) is 65.5 Å². The van der Waals surface area contributed by atoms with Crippen molar-refractivity contribution in [2.24, 2.45) is 11.7 Å². The van der Waals surface area contributed by atoms with Crippen LogP contribution < -0.4 is 5.73 Å². The van der Waals surface area contributed by atoms with Crippen LogP contribution in [0.25, 0.3) is 0 Å². The van der Waals surface area contributed by atoms with Gasteiger partial charge in [-0.3, -0.25) is 0 Å². The second-order valence-electron chi connectivity index (χ2n) is 5.39. The van der Waals surface area contributed by atoms with Gasteiger partial charge in [0.05, 0.1) is 12.2 Å². The first-order valence-corrected chi connectivity index (χ1v) is 6.37. The van der Waals surface area contributed by atoms with Gasteiger partial charge < -0.3 is 10.5 Å². The lowest BCUT2D eigenvalue weighted by Crippen LogP contribution is -2.42. The smallest absolute Gasteiger partial charge is 0.0681 e. The first-order chi connectivity index (χ1) is 7.31. The second-order valence-corrected chi connectivity index (χ2v) is 5.39. The molecule has 0 aromatic heterocycles. The summed E-state index contributed by atoms with van der Waals surface area (Å²) in [6.45, 7) is 15.3. The molecule has 16 heavy (non-hydrogen) atoms. The highest BCUT2D eigenvalue weighted by Gasteiger charge is 2.29. The third-order valence-corrected chi connectivity index (χ3v) is 3.42. The molecule has 0 aromatic carbocycles. The van der Waals surface area contributed by atoms with E-state index in [0.29, 0.717) is 12.5 Å². The Labute approximate surface area is 101 Å². The van der Waals surface area contributed by atoms with Crippen LogP contribution in [0, 0.1) is 5.92 Å². The van der Waals surface area contributed by atoms with E-state index in [9.17, 15) is 0 Å². The van der Waals surface area contributed by atoms with Crippen LogP contribution in [0.5, 0.6) is 0 Å². The highest BCUT2D eigenvalue weighted by atomic mass is 16.5. The van der Waals surface area contributed by atoms with E-state index in [-0.39, 0.29) is 11.6 Å². The Balaban J connectivity index is 4.03. The van der Waals surface area contributed by atoms with Crippen molar-refractivity contribution in [1.29, 1.82) is 0 Å². The van der Waals surface area contributed by atoms with Gasteiger partial charge in [0.15, 0.2) is 0 Å². The van der Waals surface area contributed by atoms with Gasteiger partial charge in [-0.1, -0.05) is 32.4 Å². The molecule has 0 heterocycles. The van der Waals surface area contributed by atoms with Crippen molar-refractivity contribution in [1.82, 2.24) is 0 Å². The van der Waals surface area contributed by atoms with Crippen molar-refractivity contribution < 1.29 is 4.74 Å². The van der Waals surface area contributed by atoms with Crippen LogP contribution in [-0.4, -0.2) is 18.2 Å². The molecule has 2 heteroatoms. The largest absolute Gasteiger partial charge is 0.371 e. The predicted molar refractivity (Wildman–Crippen MR) is 71.5 cm³/mol. The molecule has 0 radical (unpaired) electrons.